The molecule has 0 spiro atoms. The minimum absolute atomic E-state index is 0.0222. The van der Waals surface area contributed by atoms with E-state index >= 15 is 0 Å². The first-order valence-corrected chi connectivity index (χ1v) is 9.02. The Bertz CT molecular complexity index is 735. The van der Waals surface area contributed by atoms with Crippen molar-refractivity contribution in [3.63, 3.8) is 0 Å². The van der Waals surface area contributed by atoms with Crippen molar-refractivity contribution in [2.45, 2.75) is 38.3 Å². The van der Waals surface area contributed by atoms with Crippen LogP contribution in [0.4, 0.5) is 5.69 Å². The number of hydrogen-bond acceptors (Lipinski definition) is 3. The third kappa shape index (κ3) is 4.97. The van der Waals surface area contributed by atoms with E-state index in [2.05, 4.69) is 5.32 Å². The van der Waals surface area contributed by atoms with Gasteiger partial charge in [-0.05, 0) is 49.1 Å². The van der Waals surface area contributed by atoms with Crippen molar-refractivity contribution >= 4 is 23.2 Å². The fourth-order valence-electron chi connectivity index (χ4n) is 3.18. The van der Waals surface area contributed by atoms with Crippen LogP contribution in [0, 0.1) is 5.92 Å². The number of amides is 1. The quantitative estimate of drug-likeness (QED) is 0.833. The van der Waals surface area contributed by atoms with E-state index in [-0.39, 0.29) is 17.9 Å². The number of rotatable bonds is 5. The maximum Gasteiger partial charge on any atom is 0.227 e. The largest absolute Gasteiger partial charge is 0.487 e. The van der Waals surface area contributed by atoms with Gasteiger partial charge in [-0.25, -0.2) is 0 Å². The summed E-state index contributed by atoms with van der Waals surface area (Å²) in [5.41, 5.74) is 7.66. The van der Waals surface area contributed by atoms with Gasteiger partial charge >= 0.3 is 0 Å². The standard InChI is InChI=1S/C20H23ClN2O2/c21-16-7-3-5-14(11-16)13-25-19-10-2-1-9-18(19)23-20(24)15-6-4-8-17(22)12-15/h1-3,5,7,9-11,15,17H,4,6,8,12-13,22H2,(H,23,24). The van der Waals surface area contributed by atoms with Crippen LogP contribution in [0.3, 0.4) is 0 Å². The summed E-state index contributed by atoms with van der Waals surface area (Å²) in [6.07, 6.45) is 3.65. The molecule has 0 bridgehead atoms. The highest BCUT2D eigenvalue weighted by Crippen LogP contribution is 2.28. The van der Waals surface area contributed by atoms with Gasteiger partial charge in [-0.3, -0.25) is 4.79 Å². The maximum absolute atomic E-state index is 12.5. The van der Waals surface area contributed by atoms with Crippen LogP contribution in [0.25, 0.3) is 0 Å². The van der Waals surface area contributed by atoms with Crippen LogP contribution in [0.1, 0.15) is 31.2 Å². The van der Waals surface area contributed by atoms with Crippen LogP contribution in [0.15, 0.2) is 48.5 Å². The predicted octanol–water partition coefficient (Wildman–Crippen LogP) is 4.38. The van der Waals surface area contributed by atoms with Gasteiger partial charge in [0.15, 0.2) is 0 Å². The molecule has 1 saturated carbocycles. The zero-order valence-corrected chi connectivity index (χ0v) is 14.8. The SMILES string of the molecule is NC1CCCC(C(=O)Nc2ccccc2OCc2cccc(Cl)c2)C1. The molecule has 25 heavy (non-hydrogen) atoms. The summed E-state index contributed by atoms with van der Waals surface area (Å²) in [4.78, 5) is 12.5. The molecule has 5 heteroatoms. The Kier molecular flexibility index (Phi) is 5.95. The van der Waals surface area contributed by atoms with E-state index in [0.717, 1.165) is 31.2 Å². The van der Waals surface area contributed by atoms with E-state index in [4.69, 9.17) is 22.1 Å². The number of carbonyl (C=O) groups excluding carboxylic acids is 1. The minimum atomic E-state index is -0.0234. The Balaban J connectivity index is 1.65. The molecular weight excluding hydrogens is 336 g/mol. The molecule has 2 atom stereocenters. The van der Waals surface area contributed by atoms with Gasteiger partial charge in [0.1, 0.15) is 12.4 Å². The number of halogens is 1. The van der Waals surface area contributed by atoms with Crippen LogP contribution in [-0.4, -0.2) is 11.9 Å². The van der Waals surface area contributed by atoms with Crippen molar-refractivity contribution in [1.29, 1.82) is 0 Å². The average Bonchev–Trinajstić information content (AvgIpc) is 2.61. The summed E-state index contributed by atoms with van der Waals surface area (Å²) in [6, 6.07) is 15.1. The van der Waals surface area contributed by atoms with Gasteiger partial charge in [0.25, 0.3) is 0 Å². The van der Waals surface area contributed by atoms with Gasteiger partial charge in [-0.2, -0.15) is 0 Å². The Labute approximate surface area is 153 Å². The molecule has 2 aromatic carbocycles. The molecule has 2 aromatic rings. The highest BCUT2D eigenvalue weighted by atomic mass is 35.5. The normalized spacial score (nSPS) is 20.1. The molecule has 0 aromatic heterocycles. The number of nitrogens with one attached hydrogen (secondary N) is 1. The molecule has 3 N–H and O–H groups in total. The molecule has 1 fully saturated rings. The van der Waals surface area contributed by atoms with E-state index in [1.54, 1.807) is 0 Å². The first kappa shape index (κ1) is 17.8. The molecule has 0 heterocycles. The molecule has 0 radical (unpaired) electrons. The van der Waals surface area contributed by atoms with Crippen molar-refractivity contribution in [2.75, 3.05) is 5.32 Å². The Morgan fingerprint density at radius 3 is 2.84 bits per heavy atom. The number of para-hydroxylation sites is 2. The van der Waals surface area contributed by atoms with E-state index in [1.165, 1.54) is 0 Å². The Morgan fingerprint density at radius 2 is 2.04 bits per heavy atom. The van der Waals surface area contributed by atoms with E-state index in [1.807, 2.05) is 48.5 Å². The molecule has 4 nitrogen and oxygen atoms in total. The number of anilines is 1. The maximum atomic E-state index is 12.5. The van der Waals surface area contributed by atoms with Crippen LogP contribution < -0.4 is 15.8 Å². The lowest BCUT2D eigenvalue weighted by molar-refractivity contribution is -0.120. The lowest BCUT2D eigenvalue weighted by Crippen LogP contribution is -2.34. The second-order valence-electron chi connectivity index (χ2n) is 6.53. The third-order valence-electron chi connectivity index (χ3n) is 4.51. The molecule has 0 aliphatic heterocycles. The topological polar surface area (TPSA) is 64.4 Å². The summed E-state index contributed by atoms with van der Waals surface area (Å²) < 4.78 is 5.89. The van der Waals surface area contributed by atoms with Crippen LogP contribution in [0.2, 0.25) is 5.02 Å². The van der Waals surface area contributed by atoms with Gasteiger partial charge in [0.2, 0.25) is 5.91 Å². The zero-order chi connectivity index (χ0) is 17.6. The van der Waals surface area contributed by atoms with E-state index in [0.29, 0.717) is 23.1 Å². The number of benzene rings is 2. The monoisotopic (exact) mass is 358 g/mol. The molecule has 1 aliphatic rings. The molecule has 1 aliphatic carbocycles. The van der Waals surface area contributed by atoms with Crippen molar-refractivity contribution in [3.8, 4) is 5.75 Å². The number of ether oxygens (including phenoxy) is 1. The second-order valence-corrected chi connectivity index (χ2v) is 6.96. The second kappa shape index (κ2) is 8.37. The minimum Gasteiger partial charge on any atom is -0.487 e. The van der Waals surface area contributed by atoms with Crippen LogP contribution >= 0.6 is 11.6 Å². The van der Waals surface area contributed by atoms with Crippen LogP contribution in [-0.2, 0) is 11.4 Å². The molecule has 132 valence electrons. The van der Waals surface area contributed by atoms with Crippen molar-refractivity contribution < 1.29 is 9.53 Å². The number of hydrogen-bond donors (Lipinski definition) is 2. The summed E-state index contributed by atoms with van der Waals surface area (Å²) in [5, 5.41) is 3.68. The highest BCUT2D eigenvalue weighted by molar-refractivity contribution is 6.30. The Hall–Kier alpha value is -2.04. The summed E-state index contributed by atoms with van der Waals surface area (Å²) in [7, 11) is 0. The fourth-order valence-corrected chi connectivity index (χ4v) is 3.40. The molecule has 3 rings (SSSR count). The van der Waals surface area contributed by atoms with Crippen molar-refractivity contribution in [1.82, 2.24) is 0 Å². The van der Waals surface area contributed by atoms with Gasteiger partial charge in [0, 0.05) is 17.0 Å². The highest BCUT2D eigenvalue weighted by Gasteiger charge is 2.25. The predicted molar refractivity (Wildman–Crippen MR) is 101 cm³/mol. The van der Waals surface area contributed by atoms with Crippen molar-refractivity contribution in [3.05, 3.63) is 59.1 Å². The smallest absolute Gasteiger partial charge is 0.227 e. The molecule has 0 saturated heterocycles. The third-order valence-corrected chi connectivity index (χ3v) is 4.75. The lowest BCUT2D eigenvalue weighted by atomic mass is 9.85. The van der Waals surface area contributed by atoms with Gasteiger partial charge < -0.3 is 15.8 Å². The van der Waals surface area contributed by atoms with Crippen LogP contribution in [0.5, 0.6) is 5.75 Å². The van der Waals surface area contributed by atoms with E-state index < -0.39 is 0 Å². The average molecular weight is 359 g/mol. The lowest BCUT2D eigenvalue weighted by Gasteiger charge is -2.26. The summed E-state index contributed by atoms with van der Waals surface area (Å²) in [6.45, 7) is 0.391. The van der Waals surface area contributed by atoms with Gasteiger partial charge in [0.05, 0.1) is 5.69 Å². The van der Waals surface area contributed by atoms with Gasteiger partial charge in [-0.1, -0.05) is 42.3 Å². The molecular formula is C20H23ClN2O2. The van der Waals surface area contributed by atoms with E-state index in [9.17, 15) is 4.79 Å². The first-order valence-electron chi connectivity index (χ1n) is 8.64. The Morgan fingerprint density at radius 1 is 1.20 bits per heavy atom. The van der Waals surface area contributed by atoms with Gasteiger partial charge in [-0.15, -0.1) is 0 Å². The summed E-state index contributed by atoms with van der Waals surface area (Å²) in [5.74, 6) is 0.648. The number of carbonyl (C=O) groups is 1. The molecule has 1 amide bonds. The first-order chi connectivity index (χ1) is 12.1. The van der Waals surface area contributed by atoms with Crippen molar-refractivity contribution in [2.24, 2.45) is 11.7 Å². The molecule has 2 unspecified atom stereocenters. The summed E-state index contributed by atoms with van der Waals surface area (Å²) >= 11 is 6.00. The number of nitrogens with two attached hydrogens (primary N) is 1. The zero-order valence-electron chi connectivity index (χ0n) is 14.1. The fraction of sp³-hybridized carbons (Fsp3) is 0.350.